The second-order valence-electron chi connectivity index (χ2n) is 10.1. The molecule has 4 N–H and O–H groups in total. The number of carbonyl (C=O) groups is 4. The van der Waals surface area contributed by atoms with Crippen LogP contribution in [0, 0.1) is 0 Å². The largest absolute Gasteiger partial charge is 0.467 e. The fraction of sp³-hybridized carbons (Fsp3) is 0.467. The van der Waals surface area contributed by atoms with Crippen LogP contribution in [-0.4, -0.2) is 85.4 Å². The normalized spacial score (nSPS) is 20.7. The summed E-state index contributed by atoms with van der Waals surface area (Å²) in [5, 5.41) is 0. The zero-order valence-corrected chi connectivity index (χ0v) is 26.5. The standard InChI is InChI=1S/2C15H20N2O4.2ClH/c2*1-20-14(18)13-8-7-12(16)9-17(13)15(19)21-10-11-5-3-2-4-6-11;;/h2*2-6,12-13H,7-10,16H2,1H3;2*1H/t2*12-,13+;;/m10../s1. The minimum Gasteiger partial charge on any atom is -0.467 e. The van der Waals surface area contributed by atoms with E-state index < -0.39 is 36.2 Å². The van der Waals surface area contributed by atoms with Gasteiger partial charge >= 0.3 is 24.1 Å². The van der Waals surface area contributed by atoms with Crippen LogP contribution >= 0.6 is 24.8 Å². The number of esters is 2. The Hall–Kier alpha value is -3.58. The Balaban J connectivity index is 0.000000421. The molecule has 0 saturated carbocycles. The van der Waals surface area contributed by atoms with Crippen molar-refractivity contribution in [2.24, 2.45) is 11.5 Å². The second kappa shape index (κ2) is 19.6. The Bertz CT molecular complexity index is 1090. The number of nitrogens with two attached hydrogens (primary N) is 2. The Morgan fingerprint density at radius 2 is 0.977 bits per heavy atom. The van der Waals surface area contributed by atoms with Gasteiger partial charge in [-0.25, -0.2) is 19.2 Å². The first-order valence-electron chi connectivity index (χ1n) is 13.8. The third-order valence-corrected chi connectivity index (χ3v) is 7.06. The molecule has 44 heavy (non-hydrogen) atoms. The number of likely N-dealkylation sites (tertiary alicyclic amines) is 2. The second-order valence-corrected chi connectivity index (χ2v) is 10.1. The minimum absolute atomic E-state index is 0. The van der Waals surface area contributed by atoms with Crippen LogP contribution in [0.25, 0.3) is 0 Å². The predicted molar refractivity (Wildman–Crippen MR) is 167 cm³/mol. The number of amides is 2. The van der Waals surface area contributed by atoms with Gasteiger partial charge in [-0.3, -0.25) is 9.80 Å². The first-order chi connectivity index (χ1) is 20.2. The molecule has 2 aromatic carbocycles. The zero-order chi connectivity index (χ0) is 30.5. The summed E-state index contributed by atoms with van der Waals surface area (Å²) in [7, 11) is 2.62. The van der Waals surface area contributed by atoms with Crippen LogP contribution in [0.5, 0.6) is 0 Å². The average molecular weight is 658 g/mol. The molecule has 0 aliphatic carbocycles. The highest BCUT2D eigenvalue weighted by molar-refractivity contribution is 5.85. The van der Waals surface area contributed by atoms with Gasteiger partial charge in [-0.05, 0) is 36.8 Å². The van der Waals surface area contributed by atoms with Crippen molar-refractivity contribution in [3.05, 3.63) is 71.8 Å². The maximum atomic E-state index is 12.2. The fourth-order valence-electron chi connectivity index (χ4n) is 4.77. The monoisotopic (exact) mass is 656 g/mol. The molecule has 0 unspecified atom stereocenters. The van der Waals surface area contributed by atoms with Crippen LogP contribution in [0.2, 0.25) is 0 Å². The molecule has 2 fully saturated rings. The minimum atomic E-state index is -0.613. The molecular weight excluding hydrogens is 615 g/mol. The number of rotatable bonds is 6. The van der Waals surface area contributed by atoms with Gasteiger partial charge in [0.1, 0.15) is 25.3 Å². The van der Waals surface area contributed by atoms with E-state index in [0.29, 0.717) is 38.8 Å². The van der Waals surface area contributed by atoms with Gasteiger partial charge in [0.15, 0.2) is 0 Å². The van der Waals surface area contributed by atoms with Crippen molar-refractivity contribution in [2.45, 2.75) is 63.1 Å². The van der Waals surface area contributed by atoms with Crippen molar-refractivity contribution >= 4 is 48.9 Å². The van der Waals surface area contributed by atoms with Gasteiger partial charge in [-0.1, -0.05) is 60.7 Å². The number of benzene rings is 2. The number of methoxy groups -OCH3 is 2. The van der Waals surface area contributed by atoms with Crippen molar-refractivity contribution in [3.63, 3.8) is 0 Å². The Morgan fingerprint density at radius 1 is 0.636 bits per heavy atom. The maximum Gasteiger partial charge on any atom is 0.410 e. The molecule has 0 bridgehead atoms. The van der Waals surface area contributed by atoms with E-state index in [1.54, 1.807) is 0 Å². The molecule has 0 radical (unpaired) electrons. The SMILES string of the molecule is COC(=O)[C@@H]1CC[C@@H](N)CN1C(=O)OCc1ccccc1.COC(=O)[C@H]1CC[C@H](N)CN1C(=O)OCc1ccccc1.Cl.Cl. The van der Waals surface area contributed by atoms with Crippen LogP contribution in [-0.2, 0) is 41.8 Å². The van der Waals surface area contributed by atoms with Gasteiger partial charge in [-0.15, -0.1) is 24.8 Å². The number of ether oxygens (including phenoxy) is 4. The molecule has 2 heterocycles. The summed E-state index contributed by atoms with van der Waals surface area (Å²) in [5.74, 6) is -0.864. The highest BCUT2D eigenvalue weighted by Crippen LogP contribution is 2.20. The van der Waals surface area contributed by atoms with E-state index in [1.165, 1.54) is 24.0 Å². The van der Waals surface area contributed by atoms with E-state index >= 15 is 0 Å². The number of nitrogens with zero attached hydrogens (tertiary/aromatic N) is 2. The first kappa shape index (κ1) is 38.4. The molecule has 2 amide bonds. The number of hydrogen-bond donors (Lipinski definition) is 2. The quantitative estimate of drug-likeness (QED) is 0.348. The molecule has 2 aliphatic heterocycles. The van der Waals surface area contributed by atoms with Gasteiger partial charge in [0.2, 0.25) is 0 Å². The van der Waals surface area contributed by atoms with Crippen molar-refractivity contribution < 1.29 is 38.1 Å². The van der Waals surface area contributed by atoms with Crippen molar-refractivity contribution in [2.75, 3.05) is 27.3 Å². The highest BCUT2D eigenvalue weighted by atomic mass is 35.5. The molecule has 2 aliphatic rings. The van der Waals surface area contributed by atoms with Crippen LogP contribution < -0.4 is 11.5 Å². The highest BCUT2D eigenvalue weighted by Gasteiger charge is 2.37. The number of piperidine rings is 2. The van der Waals surface area contributed by atoms with Crippen LogP contribution in [0.15, 0.2) is 60.7 Å². The summed E-state index contributed by atoms with van der Waals surface area (Å²) < 4.78 is 20.0. The molecule has 2 aromatic rings. The lowest BCUT2D eigenvalue weighted by Gasteiger charge is -2.35. The first-order valence-corrected chi connectivity index (χ1v) is 13.8. The van der Waals surface area contributed by atoms with Crippen molar-refractivity contribution in [1.29, 1.82) is 0 Å². The maximum absolute atomic E-state index is 12.2. The summed E-state index contributed by atoms with van der Waals surface area (Å²) in [6.45, 7) is 0.930. The molecular formula is C30H42Cl2N4O8. The van der Waals surface area contributed by atoms with E-state index in [1.807, 2.05) is 60.7 Å². The molecule has 12 nitrogen and oxygen atoms in total. The lowest BCUT2D eigenvalue weighted by Crippen LogP contribution is -2.54. The molecule has 4 rings (SSSR count). The molecule has 2 saturated heterocycles. The summed E-state index contributed by atoms with van der Waals surface area (Å²) >= 11 is 0. The van der Waals surface area contributed by atoms with Gasteiger partial charge in [0.25, 0.3) is 0 Å². The average Bonchev–Trinajstić information content (AvgIpc) is 3.03. The van der Waals surface area contributed by atoms with Gasteiger partial charge in [0.05, 0.1) is 14.2 Å². The van der Waals surface area contributed by atoms with Crippen LogP contribution in [0.1, 0.15) is 36.8 Å². The molecule has 244 valence electrons. The number of carbonyl (C=O) groups excluding carboxylic acids is 4. The third kappa shape index (κ3) is 11.5. The van der Waals surface area contributed by atoms with Crippen molar-refractivity contribution in [1.82, 2.24) is 9.80 Å². The van der Waals surface area contributed by atoms with Crippen LogP contribution in [0.4, 0.5) is 9.59 Å². The lowest BCUT2D eigenvalue weighted by molar-refractivity contribution is -0.148. The predicted octanol–water partition coefficient (Wildman–Crippen LogP) is 3.42. The summed E-state index contributed by atoms with van der Waals surface area (Å²) in [6, 6.07) is 17.2. The lowest BCUT2D eigenvalue weighted by atomic mass is 9.99. The number of halogens is 2. The molecule has 14 heteroatoms. The van der Waals surface area contributed by atoms with Gasteiger partial charge < -0.3 is 30.4 Å². The third-order valence-electron chi connectivity index (χ3n) is 7.06. The van der Waals surface area contributed by atoms with E-state index in [4.69, 9.17) is 30.4 Å². The van der Waals surface area contributed by atoms with Gasteiger partial charge in [-0.2, -0.15) is 0 Å². The fourth-order valence-corrected chi connectivity index (χ4v) is 4.77. The zero-order valence-electron chi connectivity index (χ0n) is 24.9. The van der Waals surface area contributed by atoms with Crippen LogP contribution in [0.3, 0.4) is 0 Å². The summed E-state index contributed by atoms with van der Waals surface area (Å²) in [5.41, 5.74) is 13.5. The van der Waals surface area contributed by atoms with Gasteiger partial charge in [0, 0.05) is 25.2 Å². The van der Waals surface area contributed by atoms with E-state index in [9.17, 15) is 19.2 Å². The Morgan fingerprint density at radius 3 is 1.30 bits per heavy atom. The van der Waals surface area contributed by atoms with E-state index in [2.05, 4.69) is 0 Å². The smallest absolute Gasteiger partial charge is 0.410 e. The van der Waals surface area contributed by atoms with E-state index in [0.717, 1.165) is 11.1 Å². The topological polar surface area (TPSA) is 164 Å². The number of hydrogen-bond acceptors (Lipinski definition) is 10. The Kier molecular flexibility index (Phi) is 17.2. The molecule has 0 aromatic heterocycles. The summed E-state index contributed by atoms with van der Waals surface area (Å²) in [4.78, 5) is 50.6. The Labute approximate surface area is 270 Å². The molecule has 0 spiro atoms. The van der Waals surface area contributed by atoms with E-state index in [-0.39, 0.29) is 50.1 Å². The van der Waals surface area contributed by atoms with Crippen molar-refractivity contribution in [3.8, 4) is 0 Å². The molecule has 4 atom stereocenters. The summed E-state index contributed by atoms with van der Waals surface area (Å²) in [6.07, 6.45) is 1.28.